The van der Waals surface area contributed by atoms with Crippen molar-refractivity contribution in [1.82, 2.24) is 5.32 Å². The van der Waals surface area contributed by atoms with Gasteiger partial charge in [-0.05, 0) is 39.3 Å². The number of anilines is 1. The SMILES string of the molecule is CCNc1c(F)cccc1C(=O)NC(C)(C)CC. The summed E-state index contributed by atoms with van der Waals surface area (Å²) >= 11 is 0. The van der Waals surface area contributed by atoms with E-state index in [1.165, 1.54) is 6.07 Å². The topological polar surface area (TPSA) is 41.1 Å². The Morgan fingerprint density at radius 3 is 2.56 bits per heavy atom. The van der Waals surface area contributed by atoms with Gasteiger partial charge in [-0.25, -0.2) is 4.39 Å². The van der Waals surface area contributed by atoms with Crippen molar-refractivity contribution in [2.75, 3.05) is 11.9 Å². The van der Waals surface area contributed by atoms with Crippen LogP contribution in [0.5, 0.6) is 0 Å². The lowest BCUT2D eigenvalue weighted by molar-refractivity contribution is 0.0911. The van der Waals surface area contributed by atoms with Crippen LogP contribution in [0.2, 0.25) is 0 Å². The first-order chi connectivity index (χ1) is 8.41. The van der Waals surface area contributed by atoms with Gasteiger partial charge < -0.3 is 10.6 Å². The first-order valence-corrected chi connectivity index (χ1v) is 6.26. The largest absolute Gasteiger partial charge is 0.382 e. The molecule has 0 atom stereocenters. The summed E-state index contributed by atoms with van der Waals surface area (Å²) in [6.07, 6.45) is 0.810. The lowest BCUT2D eigenvalue weighted by Crippen LogP contribution is -2.43. The zero-order valence-corrected chi connectivity index (χ0v) is 11.4. The summed E-state index contributed by atoms with van der Waals surface area (Å²) < 4.78 is 13.7. The number of nitrogens with one attached hydrogen (secondary N) is 2. The smallest absolute Gasteiger partial charge is 0.253 e. The molecule has 0 aliphatic carbocycles. The maximum atomic E-state index is 13.7. The van der Waals surface area contributed by atoms with Gasteiger partial charge in [0.1, 0.15) is 5.82 Å². The lowest BCUT2D eigenvalue weighted by Gasteiger charge is -2.25. The number of hydrogen-bond acceptors (Lipinski definition) is 2. The molecule has 0 radical (unpaired) electrons. The molecule has 3 nitrogen and oxygen atoms in total. The summed E-state index contributed by atoms with van der Waals surface area (Å²) in [6.45, 7) is 8.31. The Morgan fingerprint density at radius 1 is 1.33 bits per heavy atom. The maximum Gasteiger partial charge on any atom is 0.253 e. The van der Waals surface area contributed by atoms with E-state index in [0.29, 0.717) is 12.1 Å². The fourth-order valence-corrected chi connectivity index (χ4v) is 1.53. The molecule has 0 spiro atoms. The van der Waals surface area contributed by atoms with Crippen LogP contribution in [0, 0.1) is 5.82 Å². The molecule has 0 fully saturated rings. The minimum absolute atomic E-state index is 0.252. The predicted molar refractivity (Wildman–Crippen MR) is 72.4 cm³/mol. The highest BCUT2D eigenvalue weighted by molar-refractivity contribution is 6.00. The lowest BCUT2D eigenvalue weighted by atomic mass is 10.0. The van der Waals surface area contributed by atoms with E-state index >= 15 is 0 Å². The third kappa shape index (κ3) is 3.45. The van der Waals surface area contributed by atoms with Gasteiger partial charge in [-0.3, -0.25) is 4.79 Å². The van der Waals surface area contributed by atoms with Gasteiger partial charge in [-0.15, -0.1) is 0 Å². The Morgan fingerprint density at radius 2 is 2.00 bits per heavy atom. The highest BCUT2D eigenvalue weighted by atomic mass is 19.1. The fraction of sp³-hybridized carbons (Fsp3) is 0.500. The standard InChI is InChI=1S/C14H21FN2O/c1-5-14(3,4)17-13(18)10-8-7-9-11(15)12(10)16-6-2/h7-9,16H,5-6H2,1-4H3,(H,17,18). The van der Waals surface area contributed by atoms with Crippen LogP contribution in [0.3, 0.4) is 0 Å². The molecule has 0 saturated carbocycles. The van der Waals surface area contributed by atoms with E-state index in [9.17, 15) is 9.18 Å². The second-order valence-corrected chi connectivity index (χ2v) is 4.88. The zero-order valence-electron chi connectivity index (χ0n) is 11.4. The quantitative estimate of drug-likeness (QED) is 0.845. The molecule has 1 aromatic rings. The van der Waals surface area contributed by atoms with Crippen molar-refractivity contribution >= 4 is 11.6 Å². The van der Waals surface area contributed by atoms with Crippen LogP contribution >= 0.6 is 0 Å². The van der Waals surface area contributed by atoms with Gasteiger partial charge in [0.05, 0.1) is 11.3 Å². The molecule has 1 amide bonds. The van der Waals surface area contributed by atoms with Crippen molar-refractivity contribution in [3.8, 4) is 0 Å². The van der Waals surface area contributed by atoms with E-state index < -0.39 is 5.82 Å². The van der Waals surface area contributed by atoms with E-state index in [-0.39, 0.29) is 17.1 Å². The highest BCUT2D eigenvalue weighted by Crippen LogP contribution is 2.20. The van der Waals surface area contributed by atoms with E-state index in [2.05, 4.69) is 10.6 Å². The molecule has 0 aliphatic heterocycles. The number of hydrogen-bond donors (Lipinski definition) is 2. The molecule has 1 aromatic carbocycles. The molecule has 0 aromatic heterocycles. The van der Waals surface area contributed by atoms with Crippen molar-refractivity contribution in [3.05, 3.63) is 29.6 Å². The van der Waals surface area contributed by atoms with E-state index in [0.717, 1.165) is 6.42 Å². The Balaban J connectivity index is 3.02. The molecule has 0 saturated heterocycles. The molecule has 100 valence electrons. The number of amides is 1. The van der Waals surface area contributed by atoms with Gasteiger partial charge in [0.15, 0.2) is 0 Å². The van der Waals surface area contributed by atoms with Crippen molar-refractivity contribution in [3.63, 3.8) is 0 Å². The molecule has 0 aliphatic rings. The minimum Gasteiger partial charge on any atom is -0.382 e. The number of para-hydroxylation sites is 1. The van der Waals surface area contributed by atoms with Gasteiger partial charge >= 0.3 is 0 Å². The summed E-state index contributed by atoms with van der Waals surface area (Å²) in [4.78, 5) is 12.1. The maximum absolute atomic E-state index is 13.7. The van der Waals surface area contributed by atoms with Crippen molar-refractivity contribution in [2.45, 2.75) is 39.7 Å². The summed E-state index contributed by atoms with van der Waals surface area (Å²) in [5.41, 5.74) is 0.315. The second-order valence-electron chi connectivity index (χ2n) is 4.88. The van der Waals surface area contributed by atoms with Crippen LogP contribution in [0.25, 0.3) is 0 Å². The van der Waals surface area contributed by atoms with E-state index in [1.54, 1.807) is 12.1 Å². The average Bonchev–Trinajstić information content (AvgIpc) is 2.31. The predicted octanol–water partition coefficient (Wildman–Crippen LogP) is 3.18. The fourth-order valence-electron chi connectivity index (χ4n) is 1.53. The summed E-state index contributed by atoms with van der Waals surface area (Å²) in [7, 11) is 0. The highest BCUT2D eigenvalue weighted by Gasteiger charge is 2.21. The van der Waals surface area contributed by atoms with Crippen LogP contribution in [-0.4, -0.2) is 18.0 Å². The molecule has 1 rings (SSSR count). The Bertz CT molecular complexity index is 430. The Kier molecular flexibility index (Phi) is 4.70. The van der Waals surface area contributed by atoms with Gasteiger partial charge in [0.25, 0.3) is 5.91 Å². The number of rotatable bonds is 5. The van der Waals surface area contributed by atoms with Gasteiger partial charge in [0, 0.05) is 12.1 Å². The first-order valence-electron chi connectivity index (χ1n) is 6.26. The molecule has 2 N–H and O–H groups in total. The first kappa shape index (κ1) is 14.5. The monoisotopic (exact) mass is 252 g/mol. The Hall–Kier alpha value is -1.58. The molecule has 4 heteroatoms. The second kappa shape index (κ2) is 5.85. The van der Waals surface area contributed by atoms with E-state index in [1.807, 2.05) is 27.7 Å². The number of carbonyl (C=O) groups is 1. The molecular formula is C14H21FN2O. The van der Waals surface area contributed by atoms with Crippen LogP contribution in [0.15, 0.2) is 18.2 Å². The van der Waals surface area contributed by atoms with Crippen LogP contribution in [-0.2, 0) is 0 Å². The number of carbonyl (C=O) groups excluding carboxylic acids is 1. The molecule has 0 unspecified atom stereocenters. The van der Waals surface area contributed by atoms with Crippen LogP contribution < -0.4 is 10.6 Å². The average molecular weight is 252 g/mol. The summed E-state index contributed by atoms with van der Waals surface area (Å²) in [6, 6.07) is 4.52. The molecule has 0 bridgehead atoms. The third-order valence-electron chi connectivity index (χ3n) is 2.95. The van der Waals surface area contributed by atoms with Crippen LogP contribution in [0.1, 0.15) is 44.5 Å². The van der Waals surface area contributed by atoms with Crippen LogP contribution in [0.4, 0.5) is 10.1 Å². The molecule has 0 heterocycles. The van der Waals surface area contributed by atoms with Gasteiger partial charge in [-0.2, -0.15) is 0 Å². The number of benzene rings is 1. The van der Waals surface area contributed by atoms with Crippen molar-refractivity contribution in [2.24, 2.45) is 0 Å². The summed E-state index contributed by atoms with van der Waals surface area (Å²) in [5.74, 6) is -0.656. The summed E-state index contributed by atoms with van der Waals surface area (Å²) in [5, 5.41) is 5.80. The molecule has 18 heavy (non-hydrogen) atoms. The Labute approximate surface area is 108 Å². The van der Waals surface area contributed by atoms with Gasteiger partial charge in [-0.1, -0.05) is 13.0 Å². The van der Waals surface area contributed by atoms with Gasteiger partial charge in [0.2, 0.25) is 0 Å². The van der Waals surface area contributed by atoms with Crippen molar-refractivity contribution in [1.29, 1.82) is 0 Å². The number of halogens is 1. The zero-order chi connectivity index (χ0) is 13.8. The molecular weight excluding hydrogens is 231 g/mol. The normalized spacial score (nSPS) is 11.2. The van der Waals surface area contributed by atoms with Crippen molar-refractivity contribution < 1.29 is 9.18 Å². The third-order valence-corrected chi connectivity index (χ3v) is 2.95. The van der Waals surface area contributed by atoms with E-state index in [4.69, 9.17) is 0 Å². The minimum atomic E-state index is -0.404.